The van der Waals surface area contributed by atoms with Crippen LogP contribution in [0.5, 0.6) is 5.75 Å². The number of anilines is 4. The van der Waals surface area contributed by atoms with E-state index in [-0.39, 0.29) is 17.6 Å². The Morgan fingerprint density at radius 3 is 2.21 bits per heavy atom. The zero-order valence-electron chi connectivity index (χ0n) is 15.8. The van der Waals surface area contributed by atoms with Crippen LogP contribution in [0.25, 0.3) is 0 Å². The van der Waals surface area contributed by atoms with Gasteiger partial charge in [-0.25, -0.2) is 0 Å². The van der Waals surface area contributed by atoms with E-state index in [4.69, 9.17) is 4.74 Å². The molecule has 0 saturated heterocycles. The summed E-state index contributed by atoms with van der Waals surface area (Å²) in [6, 6.07) is 14.4. The quantitative estimate of drug-likeness (QED) is 0.465. The van der Waals surface area contributed by atoms with Gasteiger partial charge in [-0.2, -0.15) is 0 Å². The highest BCUT2D eigenvalue weighted by atomic mass is 32.2. The van der Waals surface area contributed by atoms with Crippen molar-refractivity contribution >= 4 is 57.1 Å². The maximum atomic E-state index is 12.1. The molecular weight excluding hydrogens is 410 g/mol. The summed E-state index contributed by atoms with van der Waals surface area (Å²) in [5.41, 5.74) is 2.21. The summed E-state index contributed by atoms with van der Waals surface area (Å²) in [6.45, 7) is 1.44. The van der Waals surface area contributed by atoms with Crippen LogP contribution in [-0.2, 0) is 9.59 Å². The first kappa shape index (κ1) is 20.6. The molecule has 29 heavy (non-hydrogen) atoms. The molecular formula is C19H19N5O3S2. The van der Waals surface area contributed by atoms with E-state index in [2.05, 4.69) is 26.1 Å². The van der Waals surface area contributed by atoms with Gasteiger partial charge in [0, 0.05) is 24.0 Å². The smallest absolute Gasteiger partial charge is 0.234 e. The molecule has 2 amide bonds. The van der Waals surface area contributed by atoms with Crippen molar-refractivity contribution in [3.8, 4) is 5.75 Å². The number of hydrogen-bond donors (Lipinski definition) is 3. The van der Waals surface area contributed by atoms with Crippen LogP contribution in [0.3, 0.4) is 0 Å². The van der Waals surface area contributed by atoms with E-state index in [1.807, 2.05) is 24.3 Å². The van der Waals surface area contributed by atoms with Gasteiger partial charge in [0.05, 0.1) is 12.9 Å². The zero-order valence-corrected chi connectivity index (χ0v) is 17.4. The number of thioether (sulfide) groups is 1. The summed E-state index contributed by atoms with van der Waals surface area (Å²) in [7, 11) is 1.62. The van der Waals surface area contributed by atoms with Gasteiger partial charge in [0.1, 0.15) is 5.75 Å². The van der Waals surface area contributed by atoms with Crippen LogP contribution in [0, 0.1) is 0 Å². The van der Waals surface area contributed by atoms with Crippen LogP contribution in [0.2, 0.25) is 0 Å². The summed E-state index contributed by atoms with van der Waals surface area (Å²) < 4.78 is 5.82. The molecule has 0 fully saturated rings. The molecule has 0 atom stereocenters. The van der Waals surface area contributed by atoms with Gasteiger partial charge >= 0.3 is 0 Å². The van der Waals surface area contributed by atoms with Crippen LogP contribution in [-0.4, -0.2) is 34.9 Å². The van der Waals surface area contributed by atoms with Crippen LogP contribution < -0.4 is 20.7 Å². The Morgan fingerprint density at radius 1 is 0.966 bits per heavy atom. The van der Waals surface area contributed by atoms with Crippen LogP contribution in [0.15, 0.2) is 52.9 Å². The molecule has 3 N–H and O–H groups in total. The third-order valence-electron chi connectivity index (χ3n) is 3.56. The van der Waals surface area contributed by atoms with Crippen LogP contribution >= 0.6 is 23.1 Å². The Morgan fingerprint density at radius 2 is 1.59 bits per heavy atom. The average molecular weight is 430 g/mol. The van der Waals surface area contributed by atoms with Crippen molar-refractivity contribution in [1.82, 2.24) is 10.2 Å². The molecule has 0 aliphatic rings. The highest BCUT2D eigenvalue weighted by molar-refractivity contribution is 8.01. The SMILES string of the molecule is COc1ccc(Nc2nnc(SCC(=O)Nc3ccc(NC(C)=O)cc3)s2)cc1. The van der Waals surface area contributed by atoms with Crippen LogP contribution in [0.4, 0.5) is 22.2 Å². The number of aromatic nitrogens is 2. The van der Waals surface area contributed by atoms with Gasteiger partial charge in [0.15, 0.2) is 4.34 Å². The minimum atomic E-state index is -0.151. The number of hydrogen-bond acceptors (Lipinski definition) is 8. The van der Waals surface area contributed by atoms with E-state index in [0.717, 1.165) is 11.4 Å². The fourth-order valence-corrected chi connectivity index (χ4v) is 3.85. The fourth-order valence-electron chi connectivity index (χ4n) is 2.28. The van der Waals surface area contributed by atoms with E-state index in [1.54, 1.807) is 31.4 Å². The van der Waals surface area contributed by atoms with Gasteiger partial charge in [0.2, 0.25) is 16.9 Å². The molecule has 150 valence electrons. The van der Waals surface area contributed by atoms with E-state index >= 15 is 0 Å². The second kappa shape index (κ2) is 9.89. The third-order valence-corrected chi connectivity index (χ3v) is 5.54. The summed E-state index contributed by atoms with van der Waals surface area (Å²) in [5.74, 6) is 0.697. The van der Waals surface area contributed by atoms with Crippen molar-refractivity contribution in [2.75, 3.05) is 28.8 Å². The summed E-state index contributed by atoms with van der Waals surface area (Å²) >= 11 is 2.68. The predicted molar refractivity (Wildman–Crippen MR) is 116 cm³/mol. The molecule has 0 radical (unpaired) electrons. The second-order valence-corrected chi connectivity index (χ2v) is 8.02. The molecule has 1 heterocycles. The topological polar surface area (TPSA) is 105 Å². The van der Waals surface area contributed by atoms with Crippen molar-refractivity contribution in [2.45, 2.75) is 11.3 Å². The molecule has 0 aliphatic carbocycles. The third kappa shape index (κ3) is 6.47. The zero-order chi connectivity index (χ0) is 20.6. The molecule has 1 aromatic heterocycles. The molecule has 0 aliphatic heterocycles. The average Bonchev–Trinajstić information content (AvgIpc) is 3.15. The van der Waals surface area contributed by atoms with E-state index in [9.17, 15) is 9.59 Å². The normalized spacial score (nSPS) is 10.3. The van der Waals surface area contributed by atoms with Crippen molar-refractivity contribution < 1.29 is 14.3 Å². The monoisotopic (exact) mass is 429 g/mol. The molecule has 0 saturated carbocycles. The molecule has 10 heteroatoms. The van der Waals surface area contributed by atoms with Crippen molar-refractivity contribution in [2.24, 2.45) is 0 Å². The number of rotatable bonds is 8. The minimum absolute atomic E-state index is 0.143. The second-order valence-electron chi connectivity index (χ2n) is 5.82. The summed E-state index contributed by atoms with van der Waals surface area (Å²) in [4.78, 5) is 23.2. The Bertz CT molecular complexity index is 974. The highest BCUT2D eigenvalue weighted by Gasteiger charge is 2.09. The molecule has 3 rings (SSSR count). The number of benzene rings is 2. The molecule has 3 aromatic rings. The standard InChI is InChI=1S/C19H19N5O3S2/c1-12(25)20-13-3-5-14(6-4-13)21-17(26)11-28-19-24-23-18(29-19)22-15-7-9-16(27-2)10-8-15/h3-10H,11H2,1-2H3,(H,20,25)(H,21,26)(H,22,23). The number of ether oxygens (including phenoxy) is 1. The lowest BCUT2D eigenvalue weighted by atomic mass is 10.3. The molecule has 8 nitrogen and oxygen atoms in total. The van der Waals surface area contributed by atoms with Crippen molar-refractivity contribution in [3.63, 3.8) is 0 Å². The predicted octanol–water partition coefficient (Wildman–Crippen LogP) is 3.98. The molecule has 0 spiro atoms. The van der Waals surface area contributed by atoms with Gasteiger partial charge < -0.3 is 20.7 Å². The molecule has 2 aromatic carbocycles. The lowest BCUT2D eigenvalue weighted by Crippen LogP contribution is -2.14. The minimum Gasteiger partial charge on any atom is -0.497 e. The van der Waals surface area contributed by atoms with Gasteiger partial charge in [-0.05, 0) is 48.5 Å². The van der Waals surface area contributed by atoms with Crippen molar-refractivity contribution in [3.05, 3.63) is 48.5 Å². The van der Waals surface area contributed by atoms with Crippen molar-refractivity contribution in [1.29, 1.82) is 0 Å². The summed E-state index contributed by atoms with van der Waals surface area (Å²) in [5, 5.41) is 17.5. The number of amides is 2. The van der Waals surface area contributed by atoms with Crippen LogP contribution in [0.1, 0.15) is 6.92 Å². The number of methoxy groups -OCH3 is 1. The van der Waals surface area contributed by atoms with Gasteiger partial charge in [-0.3, -0.25) is 9.59 Å². The first-order valence-corrected chi connectivity index (χ1v) is 10.4. The Balaban J connectivity index is 1.47. The Labute approximate surface area is 176 Å². The largest absolute Gasteiger partial charge is 0.497 e. The first-order chi connectivity index (χ1) is 14.0. The Hall–Kier alpha value is -3.11. The Kier molecular flexibility index (Phi) is 7.04. The van der Waals surface area contributed by atoms with E-state index < -0.39 is 0 Å². The number of carbonyl (C=O) groups excluding carboxylic acids is 2. The number of nitrogens with one attached hydrogen (secondary N) is 3. The highest BCUT2D eigenvalue weighted by Crippen LogP contribution is 2.28. The lowest BCUT2D eigenvalue weighted by molar-refractivity contribution is -0.114. The maximum Gasteiger partial charge on any atom is 0.234 e. The van der Waals surface area contributed by atoms with E-state index in [1.165, 1.54) is 30.0 Å². The first-order valence-electron chi connectivity index (χ1n) is 8.57. The summed E-state index contributed by atoms with van der Waals surface area (Å²) in [6.07, 6.45) is 0. The lowest BCUT2D eigenvalue weighted by Gasteiger charge is -2.06. The van der Waals surface area contributed by atoms with E-state index in [0.29, 0.717) is 20.8 Å². The number of carbonyl (C=O) groups is 2. The van der Waals surface area contributed by atoms with Gasteiger partial charge in [-0.1, -0.05) is 23.1 Å². The number of nitrogens with zero attached hydrogens (tertiary/aromatic N) is 2. The maximum absolute atomic E-state index is 12.1. The molecule has 0 bridgehead atoms. The fraction of sp³-hybridized carbons (Fsp3) is 0.158. The van der Waals surface area contributed by atoms with Gasteiger partial charge in [-0.15, -0.1) is 10.2 Å². The van der Waals surface area contributed by atoms with Gasteiger partial charge in [0.25, 0.3) is 0 Å². The molecule has 0 unspecified atom stereocenters.